The lowest BCUT2D eigenvalue weighted by atomic mass is 10.2. The Balaban J connectivity index is 1.91. The Morgan fingerprint density at radius 1 is 1.17 bits per heavy atom. The molecule has 1 aromatic heterocycles. The Kier molecular flexibility index (Phi) is 2.43. The van der Waals surface area contributed by atoms with Crippen molar-refractivity contribution in [2.45, 2.75) is 0 Å². The lowest BCUT2D eigenvalue weighted by Gasteiger charge is -2.06. The number of anilines is 2. The molecule has 1 aromatic carbocycles. The fourth-order valence-corrected chi connectivity index (χ4v) is 1.62. The van der Waals surface area contributed by atoms with Crippen LogP contribution in [0, 0.1) is 11.3 Å². The summed E-state index contributed by atoms with van der Waals surface area (Å²) in [6, 6.07) is 7.39. The minimum Gasteiger partial charge on any atom is -0.454 e. The predicted octanol–water partition coefficient (Wildman–Crippen LogP) is 1.82. The summed E-state index contributed by atoms with van der Waals surface area (Å²) in [5.41, 5.74) is 1.01. The first-order chi connectivity index (χ1) is 8.86. The quantitative estimate of drug-likeness (QED) is 0.862. The van der Waals surface area contributed by atoms with E-state index in [9.17, 15) is 0 Å². The Morgan fingerprint density at radius 2 is 2.00 bits per heavy atom. The van der Waals surface area contributed by atoms with Crippen LogP contribution in [0.25, 0.3) is 0 Å². The van der Waals surface area contributed by atoms with Crippen molar-refractivity contribution >= 4 is 11.5 Å². The van der Waals surface area contributed by atoms with Gasteiger partial charge in [0.15, 0.2) is 23.0 Å². The largest absolute Gasteiger partial charge is 0.454 e. The molecule has 2 heterocycles. The molecule has 0 atom stereocenters. The van der Waals surface area contributed by atoms with Gasteiger partial charge >= 0.3 is 0 Å². The van der Waals surface area contributed by atoms with Gasteiger partial charge in [-0.15, -0.1) is 0 Å². The van der Waals surface area contributed by atoms with Gasteiger partial charge in [-0.2, -0.15) is 5.26 Å². The topological polar surface area (TPSA) is 80.1 Å². The maximum absolute atomic E-state index is 8.91. The van der Waals surface area contributed by atoms with Crippen LogP contribution >= 0.6 is 0 Å². The maximum Gasteiger partial charge on any atom is 0.231 e. The van der Waals surface area contributed by atoms with E-state index in [1.807, 2.05) is 12.1 Å². The molecule has 1 N–H and O–H groups in total. The molecule has 0 spiro atoms. The average molecular weight is 240 g/mol. The molecule has 0 amide bonds. The molecule has 3 rings (SSSR count). The first-order valence-electron chi connectivity index (χ1n) is 5.24. The predicted molar refractivity (Wildman–Crippen MR) is 62.6 cm³/mol. The zero-order valence-electron chi connectivity index (χ0n) is 9.25. The molecule has 1 aliphatic rings. The highest BCUT2D eigenvalue weighted by molar-refractivity contribution is 5.64. The van der Waals surface area contributed by atoms with Gasteiger partial charge in [0.1, 0.15) is 6.07 Å². The Hall–Kier alpha value is -2.81. The van der Waals surface area contributed by atoms with Crippen molar-refractivity contribution < 1.29 is 9.47 Å². The lowest BCUT2D eigenvalue weighted by molar-refractivity contribution is 0.174. The Labute approximate surface area is 103 Å². The molecule has 2 aromatic rings. The van der Waals surface area contributed by atoms with E-state index >= 15 is 0 Å². The van der Waals surface area contributed by atoms with Gasteiger partial charge in [-0.25, -0.2) is 9.97 Å². The van der Waals surface area contributed by atoms with Crippen LogP contribution in [0.15, 0.2) is 30.6 Å². The molecule has 0 fully saturated rings. The second kappa shape index (κ2) is 4.22. The number of ether oxygens (including phenoxy) is 2. The van der Waals surface area contributed by atoms with Crippen molar-refractivity contribution in [1.82, 2.24) is 9.97 Å². The van der Waals surface area contributed by atoms with Crippen LogP contribution in [0.4, 0.5) is 11.5 Å². The van der Waals surface area contributed by atoms with Crippen molar-refractivity contribution in [2.24, 2.45) is 0 Å². The van der Waals surface area contributed by atoms with Crippen molar-refractivity contribution in [3.05, 3.63) is 36.3 Å². The minimum absolute atomic E-state index is 0.230. The van der Waals surface area contributed by atoms with Gasteiger partial charge in [0.2, 0.25) is 6.79 Å². The molecule has 0 saturated carbocycles. The summed E-state index contributed by atoms with van der Waals surface area (Å²) in [5, 5.41) is 11.9. The van der Waals surface area contributed by atoms with E-state index in [2.05, 4.69) is 15.3 Å². The highest BCUT2D eigenvalue weighted by Crippen LogP contribution is 2.34. The number of aromatic nitrogens is 2. The van der Waals surface area contributed by atoms with E-state index < -0.39 is 0 Å². The van der Waals surface area contributed by atoms with Crippen molar-refractivity contribution in [3.8, 4) is 17.6 Å². The Morgan fingerprint density at radius 3 is 2.89 bits per heavy atom. The normalized spacial score (nSPS) is 11.9. The van der Waals surface area contributed by atoms with Crippen molar-refractivity contribution in [3.63, 3.8) is 0 Å². The number of nitrogens with one attached hydrogen (secondary N) is 1. The zero-order valence-corrected chi connectivity index (χ0v) is 9.25. The smallest absolute Gasteiger partial charge is 0.231 e. The summed E-state index contributed by atoms with van der Waals surface area (Å²) < 4.78 is 10.5. The van der Waals surface area contributed by atoms with Crippen LogP contribution in [-0.2, 0) is 0 Å². The van der Waals surface area contributed by atoms with E-state index in [4.69, 9.17) is 14.7 Å². The van der Waals surface area contributed by atoms with Gasteiger partial charge in [-0.3, -0.25) is 0 Å². The number of fused-ring (bicyclic) bond motifs is 1. The third kappa shape index (κ3) is 1.78. The average Bonchev–Trinajstić information content (AvgIpc) is 2.87. The van der Waals surface area contributed by atoms with Gasteiger partial charge in [0.25, 0.3) is 0 Å². The molecule has 6 heteroatoms. The zero-order chi connectivity index (χ0) is 12.4. The van der Waals surface area contributed by atoms with Crippen LogP contribution in [0.1, 0.15) is 5.69 Å². The lowest BCUT2D eigenvalue weighted by Crippen LogP contribution is -1.98. The van der Waals surface area contributed by atoms with Crippen LogP contribution in [-0.4, -0.2) is 16.8 Å². The van der Waals surface area contributed by atoms with Gasteiger partial charge < -0.3 is 14.8 Å². The number of rotatable bonds is 2. The molecular formula is C12H8N4O2. The molecule has 88 valence electrons. The second-order valence-corrected chi connectivity index (χ2v) is 3.56. The molecule has 18 heavy (non-hydrogen) atoms. The monoisotopic (exact) mass is 240 g/mol. The Bertz CT molecular complexity index is 636. The van der Waals surface area contributed by atoms with Crippen molar-refractivity contribution in [2.75, 3.05) is 12.1 Å². The van der Waals surface area contributed by atoms with Gasteiger partial charge in [-0.1, -0.05) is 0 Å². The fourth-order valence-electron chi connectivity index (χ4n) is 1.62. The van der Waals surface area contributed by atoms with Gasteiger partial charge in [0.05, 0.1) is 0 Å². The number of benzene rings is 1. The summed E-state index contributed by atoms with van der Waals surface area (Å²) in [5.74, 6) is 1.79. The fraction of sp³-hybridized carbons (Fsp3) is 0.0833. The molecule has 0 radical (unpaired) electrons. The van der Waals surface area contributed by atoms with Gasteiger partial charge in [0, 0.05) is 24.1 Å². The minimum atomic E-state index is 0.230. The molecule has 0 unspecified atom stereocenters. The second-order valence-electron chi connectivity index (χ2n) is 3.56. The van der Waals surface area contributed by atoms with Gasteiger partial charge in [-0.05, 0) is 12.1 Å². The number of nitrogens with zero attached hydrogens (tertiary/aromatic N) is 3. The van der Waals surface area contributed by atoms with E-state index in [1.54, 1.807) is 12.1 Å². The molecule has 6 nitrogen and oxygen atoms in total. The molecule has 0 bridgehead atoms. The number of nitriles is 1. The molecule has 0 saturated heterocycles. The SMILES string of the molecule is N#Cc1nccnc1Nc1ccc2c(c1)OCO2. The van der Waals surface area contributed by atoms with E-state index in [-0.39, 0.29) is 12.5 Å². The third-order valence-electron chi connectivity index (χ3n) is 2.44. The van der Waals surface area contributed by atoms with Crippen LogP contribution in [0.2, 0.25) is 0 Å². The van der Waals surface area contributed by atoms with Crippen molar-refractivity contribution in [1.29, 1.82) is 5.26 Å². The summed E-state index contributed by atoms with van der Waals surface area (Å²) in [6.45, 7) is 0.230. The maximum atomic E-state index is 8.91. The first kappa shape index (κ1) is 10.4. The third-order valence-corrected chi connectivity index (χ3v) is 2.44. The van der Waals surface area contributed by atoms with Crippen LogP contribution in [0.5, 0.6) is 11.5 Å². The van der Waals surface area contributed by atoms with E-state index in [1.165, 1.54) is 12.4 Å². The van der Waals surface area contributed by atoms with E-state index in [0.29, 0.717) is 17.3 Å². The summed E-state index contributed by atoms with van der Waals surface area (Å²) in [4.78, 5) is 7.99. The number of hydrogen-bond donors (Lipinski definition) is 1. The van der Waals surface area contributed by atoms with Crippen LogP contribution < -0.4 is 14.8 Å². The van der Waals surface area contributed by atoms with E-state index in [0.717, 1.165) is 5.69 Å². The first-order valence-corrected chi connectivity index (χ1v) is 5.24. The standard InChI is InChI=1S/C12H8N4O2/c13-6-9-12(15-4-3-14-9)16-8-1-2-10-11(5-8)18-7-17-10/h1-5H,7H2,(H,15,16). The highest BCUT2D eigenvalue weighted by Gasteiger charge is 2.14. The molecule has 0 aliphatic carbocycles. The molecular weight excluding hydrogens is 232 g/mol. The summed E-state index contributed by atoms with van der Waals surface area (Å²) >= 11 is 0. The number of hydrogen-bond acceptors (Lipinski definition) is 6. The highest BCUT2D eigenvalue weighted by atomic mass is 16.7. The molecule has 1 aliphatic heterocycles. The summed E-state index contributed by atoms with van der Waals surface area (Å²) in [6.07, 6.45) is 3.00. The van der Waals surface area contributed by atoms with Crippen LogP contribution in [0.3, 0.4) is 0 Å². The summed E-state index contributed by atoms with van der Waals surface area (Å²) in [7, 11) is 0.